The van der Waals surface area contributed by atoms with Crippen LogP contribution in [0.4, 0.5) is 11.5 Å². The Bertz CT molecular complexity index is 871. The van der Waals surface area contributed by atoms with E-state index in [4.69, 9.17) is 10.7 Å². The molecule has 25 heavy (non-hydrogen) atoms. The maximum atomic E-state index is 6.31. The second-order valence-electron chi connectivity index (χ2n) is 7.25. The molecule has 0 spiro atoms. The highest BCUT2D eigenvalue weighted by molar-refractivity contribution is 8.04. The number of nitrogens with zero attached hydrogens (tertiary/aromatic N) is 3. The van der Waals surface area contributed by atoms with Crippen LogP contribution in [0.25, 0.3) is 0 Å². The summed E-state index contributed by atoms with van der Waals surface area (Å²) in [6.45, 7) is 5.17. The topological polar surface area (TPSA) is 76.2 Å². The van der Waals surface area contributed by atoms with Gasteiger partial charge in [-0.3, -0.25) is 0 Å². The van der Waals surface area contributed by atoms with Crippen LogP contribution in [0.1, 0.15) is 32.3 Å². The van der Waals surface area contributed by atoms with Gasteiger partial charge in [0.25, 0.3) is 0 Å². The number of rotatable bonds is 3. The van der Waals surface area contributed by atoms with E-state index in [1.165, 1.54) is 5.56 Å². The van der Waals surface area contributed by atoms with Crippen molar-refractivity contribution in [3.8, 4) is 0 Å². The number of nitrogens with one attached hydrogen (secondary N) is 1. The number of fused-ring (bicyclic) bond motifs is 2. The minimum absolute atomic E-state index is 0.137. The Labute approximate surface area is 151 Å². The SMILES string of the molecule is CC1(C)CC2=Nc3c(NCc4ccccc4)ncnc3SC2=C(N)C1. The number of benzene rings is 1. The van der Waals surface area contributed by atoms with Gasteiger partial charge in [0.2, 0.25) is 0 Å². The summed E-state index contributed by atoms with van der Waals surface area (Å²) in [5.74, 6) is 0.773. The van der Waals surface area contributed by atoms with Crippen molar-refractivity contribution in [2.24, 2.45) is 16.1 Å². The molecule has 0 radical (unpaired) electrons. The molecular weight excluding hydrogens is 330 g/mol. The minimum Gasteiger partial charge on any atom is -0.401 e. The molecule has 1 aromatic carbocycles. The van der Waals surface area contributed by atoms with Gasteiger partial charge in [-0.25, -0.2) is 15.0 Å². The van der Waals surface area contributed by atoms with Crippen molar-refractivity contribution in [2.45, 2.75) is 38.3 Å². The van der Waals surface area contributed by atoms with E-state index in [1.54, 1.807) is 18.1 Å². The van der Waals surface area contributed by atoms with E-state index >= 15 is 0 Å². The molecule has 3 N–H and O–H groups in total. The number of thioether (sulfide) groups is 1. The first-order valence-corrected chi connectivity index (χ1v) is 9.21. The summed E-state index contributed by atoms with van der Waals surface area (Å²) in [6.07, 6.45) is 3.40. The van der Waals surface area contributed by atoms with Crippen molar-refractivity contribution in [3.05, 3.63) is 52.8 Å². The smallest absolute Gasteiger partial charge is 0.156 e. The summed E-state index contributed by atoms with van der Waals surface area (Å²) in [5, 5.41) is 4.27. The lowest BCUT2D eigenvalue weighted by Crippen LogP contribution is -2.28. The molecule has 0 bridgehead atoms. The van der Waals surface area contributed by atoms with Crippen molar-refractivity contribution in [3.63, 3.8) is 0 Å². The summed E-state index contributed by atoms with van der Waals surface area (Å²) < 4.78 is 0. The van der Waals surface area contributed by atoms with Crippen molar-refractivity contribution in [1.29, 1.82) is 0 Å². The lowest BCUT2D eigenvalue weighted by Gasteiger charge is -2.34. The number of hydrogen-bond donors (Lipinski definition) is 2. The summed E-state index contributed by atoms with van der Waals surface area (Å²) in [5.41, 5.74) is 10.5. The first-order valence-electron chi connectivity index (χ1n) is 8.39. The van der Waals surface area contributed by atoms with Crippen molar-refractivity contribution < 1.29 is 0 Å². The monoisotopic (exact) mass is 351 g/mol. The molecule has 6 heteroatoms. The van der Waals surface area contributed by atoms with Gasteiger partial charge in [0.15, 0.2) is 5.82 Å². The van der Waals surface area contributed by atoms with Gasteiger partial charge in [-0.1, -0.05) is 55.9 Å². The van der Waals surface area contributed by atoms with Crippen LogP contribution in [0.5, 0.6) is 0 Å². The van der Waals surface area contributed by atoms with E-state index in [-0.39, 0.29) is 5.41 Å². The van der Waals surface area contributed by atoms with Crippen LogP contribution in [-0.4, -0.2) is 15.7 Å². The Hall–Kier alpha value is -2.34. The number of aliphatic imine (C=N–C) groups is 1. The fraction of sp³-hybridized carbons (Fsp3) is 0.316. The molecule has 2 heterocycles. The first kappa shape index (κ1) is 16.1. The molecule has 1 aliphatic heterocycles. The highest BCUT2D eigenvalue weighted by atomic mass is 32.2. The summed E-state index contributed by atoms with van der Waals surface area (Å²) >= 11 is 1.62. The summed E-state index contributed by atoms with van der Waals surface area (Å²) in [6, 6.07) is 10.3. The minimum atomic E-state index is 0.137. The van der Waals surface area contributed by atoms with Crippen LogP contribution in [0.3, 0.4) is 0 Å². The molecule has 0 unspecified atom stereocenters. The highest BCUT2D eigenvalue weighted by Crippen LogP contribution is 2.48. The number of hydrogen-bond acceptors (Lipinski definition) is 6. The van der Waals surface area contributed by atoms with Gasteiger partial charge in [0.05, 0.1) is 10.6 Å². The second kappa shape index (κ2) is 6.19. The highest BCUT2D eigenvalue weighted by Gasteiger charge is 2.34. The molecule has 0 fully saturated rings. The molecule has 1 aromatic heterocycles. The third-order valence-electron chi connectivity index (χ3n) is 4.41. The summed E-state index contributed by atoms with van der Waals surface area (Å²) in [4.78, 5) is 14.8. The third-order valence-corrected chi connectivity index (χ3v) is 5.60. The van der Waals surface area contributed by atoms with Crippen LogP contribution in [0.2, 0.25) is 0 Å². The number of aromatic nitrogens is 2. The molecule has 0 atom stereocenters. The third kappa shape index (κ3) is 3.26. The Morgan fingerprint density at radius 2 is 1.96 bits per heavy atom. The molecule has 0 amide bonds. The van der Waals surface area contributed by atoms with Crippen molar-refractivity contribution >= 4 is 29.0 Å². The molecule has 0 saturated heterocycles. The quantitative estimate of drug-likeness (QED) is 0.808. The van der Waals surface area contributed by atoms with Crippen molar-refractivity contribution in [1.82, 2.24) is 9.97 Å². The average Bonchev–Trinajstić information content (AvgIpc) is 2.58. The molecular formula is C19H21N5S. The van der Waals surface area contributed by atoms with Gasteiger partial charge >= 0.3 is 0 Å². The fourth-order valence-corrected chi connectivity index (χ4v) is 4.24. The zero-order valence-corrected chi connectivity index (χ0v) is 15.2. The van der Waals surface area contributed by atoms with Crippen molar-refractivity contribution in [2.75, 3.05) is 5.32 Å². The predicted octanol–water partition coefficient (Wildman–Crippen LogP) is 4.26. The van der Waals surface area contributed by atoms with E-state index in [9.17, 15) is 0 Å². The maximum Gasteiger partial charge on any atom is 0.156 e. The van der Waals surface area contributed by atoms with Crippen LogP contribution in [0, 0.1) is 5.41 Å². The summed E-state index contributed by atoms with van der Waals surface area (Å²) in [7, 11) is 0. The molecule has 5 nitrogen and oxygen atoms in total. The van der Waals surface area contributed by atoms with Gasteiger partial charge in [-0.15, -0.1) is 0 Å². The van der Waals surface area contributed by atoms with Crippen LogP contribution in [0.15, 0.2) is 57.3 Å². The number of anilines is 1. The van der Waals surface area contributed by atoms with E-state index in [0.717, 1.165) is 45.7 Å². The lowest BCUT2D eigenvalue weighted by molar-refractivity contribution is 0.371. The lowest BCUT2D eigenvalue weighted by atomic mass is 9.78. The zero-order valence-electron chi connectivity index (χ0n) is 14.4. The van der Waals surface area contributed by atoms with Gasteiger partial charge in [-0.05, 0) is 23.8 Å². The van der Waals surface area contributed by atoms with E-state index < -0.39 is 0 Å². The van der Waals surface area contributed by atoms with Gasteiger partial charge in [-0.2, -0.15) is 0 Å². The maximum absolute atomic E-state index is 6.31. The molecule has 1 aliphatic carbocycles. The van der Waals surface area contributed by atoms with Crippen LogP contribution >= 0.6 is 11.8 Å². The van der Waals surface area contributed by atoms with Gasteiger partial charge in [0.1, 0.15) is 17.0 Å². The predicted molar refractivity (Wildman–Crippen MR) is 103 cm³/mol. The zero-order chi connectivity index (χ0) is 17.4. The Balaban J connectivity index is 1.67. The molecule has 0 saturated carbocycles. The Morgan fingerprint density at radius 3 is 2.76 bits per heavy atom. The standard InChI is InChI=1S/C19H21N5S/c1-19(2)8-13(20)16-14(9-19)24-15-17(22-11-23-18(15)25-16)21-10-12-6-4-3-5-7-12/h3-7,11H,8-10,20H2,1-2H3,(H,21,22,23). The Kier molecular flexibility index (Phi) is 4.00. The normalized spacial score (nSPS) is 18.2. The van der Waals surface area contributed by atoms with E-state index in [0.29, 0.717) is 6.54 Å². The second-order valence-corrected chi connectivity index (χ2v) is 8.25. The first-order chi connectivity index (χ1) is 12.0. The van der Waals surface area contributed by atoms with Gasteiger partial charge < -0.3 is 11.1 Å². The average molecular weight is 351 g/mol. The number of nitrogens with two attached hydrogens (primary N) is 1. The Morgan fingerprint density at radius 1 is 1.16 bits per heavy atom. The molecule has 4 rings (SSSR count). The molecule has 2 aromatic rings. The largest absolute Gasteiger partial charge is 0.401 e. The van der Waals surface area contributed by atoms with Crippen LogP contribution in [-0.2, 0) is 6.54 Å². The molecule has 128 valence electrons. The number of allylic oxidation sites excluding steroid dienone is 2. The van der Waals surface area contributed by atoms with E-state index in [2.05, 4.69) is 41.3 Å². The molecule has 2 aliphatic rings. The van der Waals surface area contributed by atoms with Crippen LogP contribution < -0.4 is 11.1 Å². The van der Waals surface area contributed by atoms with Gasteiger partial charge in [0, 0.05) is 12.2 Å². The fourth-order valence-electron chi connectivity index (χ4n) is 3.27. The van der Waals surface area contributed by atoms with E-state index in [1.807, 2.05) is 18.2 Å².